The molecule has 2 bridgehead atoms. The summed E-state index contributed by atoms with van der Waals surface area (Å²) in [6, 6.07) is 0. The topological polar surface area (TPSA) is 20.2 Å². The molecule has 2 rings (SSSR count). The third-order valence-electron chi connectivity index (χ3n) is 3.95. The molecular weight excluding hydrogens is 148 g/mol. The summed E-state index contributed by atoms with van der Waals surface area (Å²) in [4.78, 5) is 0. The first kappa shape index (κ1) is 8.31. The van der Waals surface area contributed by atoms with Crippen molar-refractivity contribution >= 4 is 0 Å². The van der Waals surface area contributed by atoms with E-state index in [4.69, 9.17) is 5.11 Å². The van der Waals surface area contributed by atoms with Crippen LogP contribution in [0.4, 0.5) is 0 Å². The lowest BCUT2D eigenvalue weighted by Gasteiger charge is -2.32. The van der Waals surface area contributed by atoms with Gasteiger partial charge < -0.3 is 5.11 Å². The predicted molar refractivity (Wildman–Crippen MR) is 49.8 cm³/mol. The highest BCUT2D eigenvalue weighted by molar-refractivity contribution is 5.25. The fourth-order valence-corrected chi connectivity index (χ4v) is 3.21. The predicted octanol–water partition coefficient (Wildman–Crippen LogP) is 2.36. The Kier molecular flexibility index (Phi) is 1.80. The van der Waals surface area contributed by atoms with Crippen molar-refractivity contribution in [3.63, 3.8) is 0 Å². The molecule has 2 aliphatic rings. The highest BCUT2D eigenvalue weighted by atomic mass is 16.2. The van der Waals surface area contributed by atoms with Gasteiger partial charge in [0.15, 0.2) is 0 Å². The van der Waals surface area contributed by atoms with Crippen LogP contribution in [0.25, 0.3) is 0 Å². The van der Waals surface area contributed by atoms with Crippen molar-refractivity contribution in [1.82, 2.24) is 0 Å². The van der Waals surface area contributed by atoms with E-state index in [1.807, 2.05) is 6.08 Å². The van der Waals surface area contributed by atoms with Crippen molar-refractivity contribution in [3.8, 4) is 0 Å². The number of aliphatic hydroxyl groups is 1. The van der Waals surface area contributed by atoms with E-state index in [1.165, 1.54) is 24.8 Å². The minimum Gasteiger partial charge on any atom is -0.392 e. The van der Waals surface area contributed by atoms with Crippen molar-refractivity contribution in [2.75, 3.05) is 6.61 Å². The van der Waals surface area contributed by atoms with Crippen LogP contribution in [-0.2, 0) is 0 Å². The van der Waals surface area contributed by atoms with Crippen LogP contribution >= 0.6 is 0 Å². The monoisotopic (exact) mass is 166 g/mol. The molecule has 1 nitrogen and oxygen atoms in total. The van der Waals surface area contributed by atoms with E-state index in [2.05, 4.69) is 13.8 Å². The van der Waals surface area contributed by atoms with Gasteiger partial charge in [-0.3, -0.25) is 0 Å². The molecule has 2 aliphatic carbocycles. The molecule has 0 radical (unpaired) electrons. The molecule has 0 aromatic heterocycles. The van der Waals surface area contributed by atoms with Gasteiger partial charge in [-0.2, -0.15) is 0 Å². The third-order valence-corrected chi connectivity index (χ3v) is 3.95. The molecule has 2 fully saturated rings. The molecule has 2 atom stereocenters. The van der Waals surface area contributed by atoms with Gasteiger partial charge in [0.25, 0.3) is 0 Å². The third kappa shape index (κ3) is 0.957. The fourth-order valence-electron chi connectivity index (χ4n) is 3.21. The summed E-state index contributed by atoms with van der Waals surface area (Å²) in [6.07, 6.45) is 6.18. The van der Waals surface area contributed by atoms with Crippen molar-refractivity contribution < 1.29 is 5.11 Å². The van der Waals surface area contributed by atoms with Crippen molar-refractivity contribution in [2.45, 2.75) is 33.1 Å². The van der Waals surface area contributed by atoms with E-state index in [0.29, 0.717) is 5.41 Å². The second-order valence-corrected chi connectivity index (χ2v) is 4.77. The number of hydrogen-bond donors (Lipinski definition) is 1. The number of allylic oxidation sites excluding steroid dienone is 1. The van der Waals surface area contributed by atoms with Gasteiger partial charge in [-0.05, 0) is 36.5 Å². The minimum atomic E-state index is 0.224. The van der Waals surface area contributed by atoms with E-state index >= 15 is 0 Å². The van der Waals surface area contributed by atoms with E-state index in [1.54, 1.807) is 0 Å². The molecule has 0 saturated heterocycles. The summed E-state index contributed by atoms with van der Waals surface area (Å²) in [5.74, 6) is 1.69. The zero-order valence-electron chi connectivity index (χ0n) is 8.01. The molecule has 0 aromatic carbocycles. The molecule has 0 heterocycles. The molecule has 0 aromatic rings. The van der Waals surface area contributed by atoms with Crippen LogP contribution in [0.5, 0.6) is 0 Å². The molecule has 2 unspecified atom stereocenters. The summed E-state index contributed by atoms with van der Waals surface area (Å²) in [6.45, 7) is 4.89. The normalized spacial score (nSPS) is 41.1. The van der Waals surface area contributed by atoms with E-state index in [-0.39, 0.29) is 6.61 Å². The van der Waals surface area contributed by atoms with E-state index in [0.717, 1.165) is 11.8 Å². The van der Waals surface area contributed by atoms with Gasteiger partial charge in [0, 0.05) is 0 Å². The van der Waals surface area contributed by atoms with Crippen LogP contribution < -0.4 is 0 Å². The molecule has 0 spiro atoms. The SMILES string of the molecule is CC1(C)C(=CCO)C2CCC1C2. The van der Waals surface area contributed by atoms with Gasteiger partial charge >= 0.3 is 0 Å². The van der Waals surface area contributed by atoms with Crippen LogP contribution in [0.3, 0.4) is 0 Å². The van der Waals surface area contributed by atoms with Crippen molar-refractivity contribution in [1.29, 1.82) is 0 Å². The highest BCUT2D eigenvalue weighted by Gasteiger charge is 2.48. The van der Waals surface area contributed by atoms with Crippen LogP contribution in [-0.4, -0.2) is 11.7 Å². The van der Waals surface area contributed by atoms with Crippen LogP contribution in [0.2, 0.25) is 0 Å². The second kappa shape index (κ2) is 2.59. The van der Waals surface area contributed by atoms with Crippen molar-refractivity contribution in [2.24, 2.45) is 17.3 Å². The molecule has 0 aliphatic heterocycles. The summed E-state index contributed by atoms with van der Waals surface area (Å²) in [7, 11) is 0. The van der Waals surface area contributed by atoms with Gasteiger partial charge in [-0.15, -0.1) is 0 Å². The average Bonchev–Trinajstić information content (AvgIpc) is 2.53. The first-order chi connectivity index (χ1) is 5.66. The zero-order chi connectivity index (χ0) is 8.77. The van der Waals surface area contributed by atoms with Gasteiger partial charge in [-0.1, -0.05) is 25.5 Å². The second-order valence-electron chi connectivity index (χ2n) is 4.77. The summed E-state index contributed by atoms with van der Waals surface area (Å²) >= 11 is 0. The fraction of sp³-hybridized carbons (Fsp3) is 0.818. The molecule has 12 heavy (non-hydrogen) atoms. The Balaban J connectivity index is 2.29. The standard InChI is InChI=1S/C11H18O/c1-11(2)9-4-3-8(7-9)10(11)5-6-12/h5,8-9,12H,3-4,6-7H2,1-2H3. The summed E-state index contributed by atoms with van der Waals surface area (Å²) < 4.78 is 0. The molecule has 1 heteroatoms. The Labute approximate surface area is 74.5 Å². The molecule has 1 N–H and O–H groups in total. The molecule has 68 valence electrons. The molecule has 0 amide bonds. The maximum atomic E-state index is 8.91. The minimum absolute atomic E-state index is 0.224. The number of fused-ring (bicyclic) bond motifs is 2. The Morgan fingerprint density at radius 3 is 2.75 bits per heavy atom. The number of aliphatic hydroxyl groups excluding tert-OH is 1. The largest absolute Gasteiger partial charge is 0.392 e. The number of hydrogen-bond acceptors (Lipinski definition) is 1. The maximum Gasteiger partial charge on any atom is 0.0615 e. The first-order valence-corrected chi connectivity index (χ1v) is 4.97. The average molecular weight is 166 g/mol. The van der Waals surface area contributed by atoms with Gasteiger partial charge in [0.05, 0.1) is 6.61 Å². The number of rotatable bonds is 1. The first-order valence-electron chi connectivity index (χ1n) is 4.97. The van der Waals surface area contributed by atoms with E-state index in [9.17, 15) is 0 Å². The Hall–Kier alpha value is -0.300. The lowest BCUT2D eigenvalue weighted by atomic mass is 9.73. The van der Waals surface area contributed by atoms with Gasteiger partial charge in [0.1, 0.15) is 0 Å². The molecule has 2 saturated carbocycles. The van der Waals surface area contributed by atoms with E-state index < -0.39 is 0 Å². The van der Waals surface area contributed by atoms with Crippen molar-refractivity contribution in [3.05, 3.63) is 11.6 Å². The Bertz CT molecular complexity index is 215. The van der Waals surface area contributed by atoms with Crippen LogP contribution in [0.1, 0.15) is 33.1 Å². The smallest absolute Gasteiger partial charge is 0.0615 e. The maximum absolute atomic E-state index is 8.91. The molecular formula is C11H18O. The van der Waals surface area contributed by atoms with Crippen LogP contribution in [0, 0.1) is 17.3 Å². The van der Waals surface area contributed by atoms with Gasteiger partial charge in [-0.25, -0.2) is 0 Å². The zero-order valence-corrected chi connectivity index (χ0v) is 8.01. The summed E-state index contributed by atoms with van der Waals surface area (Å²) in [5, 5.41) is 8.91. The lowest BCUT2D eigenvalue weighted by molar-refractivity contribution is 0.280. The van der Waals surface area contributed by atoms with Crippen LogP contribution in [0.15, 0.2) is 11.6 Å². The van der Waals surface area contributed by atoms with Gasteiger partial charge in [0.2, 0.25) is 0 Å². The quantitative estimate of drug-likeness (QED) is 0.593. The summed E-state index contributed by atoms with van der Waals surface area (Å²) in [5.41, 5.74) is 1.91. The lowest BCUT2D eigenvalue weighted by Crippen LogP contribution is -2.23. The highest BCUT2D eigenvalue weighted by Crippen LogP contribution is 2.58. The Morgan fingerprint density at radius 2 is 2.25 bits per heavy atom. The Morgan fingerprint density at radius 1 is 1.50 bits per heavy atom.